The normalized spacial score (nSPS) is 13.6. The molecule has 0 fully saturated rings. The number of methoxy groups -OCH3 is 2. The summed E-state index contributed by atoms with van der Waals surface area (Å²) in [5, 5.41) is 0. The number of sulfone groups is 1. The highest BCUT2D eigenvalue weighted by Gasteiger charge is 2.19. The summed E-state index contributed by atoms with van der Waals surface area (Å²) in [5.41, 5.74) is 0.651. The zero-order valence-corrected chi connectivity index (χ0v) is 20.8. The summed E-state index contributed by atoms with van der Waals surface area (Å²) in [5.74, 6) is 0.492. The van der Waals surface area contributed by atoms with Crippen LogP contribution in [0.25, 0.3) is 10.2 Å². The molecule has 0 saturated carbocycles. The van der Waals surface area contributed by atoms with Crippen LogP contribution in [0.3, 0.4) is 0 Å². The molecule has 2 heterocycles. The van der Waals surface area contributed by atoms with Gasteiger partial charge in [0.15, 0.2) is 26.1 Å². The second kappa shape index (κ2) is 10.5. The predicted molar refractivity (Wildman–Crippen MR) is 128 cm³/mol. The van der Waals surface area contributed by atoms with Crippen LogP contribution in [0.1, 0.15) is 12.8 Å². The Morgan fingerprint density at radius 1 is 1.09 bits per heavy atom. The Morgan fingerprint density at radius 3 is 2.43 bits per heavy atom. The lowest BCUT2D eigenvalue weighted by atomic mass is 10.2. The molecule has 0 unspecified atom stereocenters. The first-order valence-electron chi connectivity index (χ1n) is 10.7. The van der Waals surface area contributed by atoms with Crippen LogP contribution in [0.4, 0.5) is 0 Å². The zero-order chi connectivity index (χ0) is 25.0. The fourth-order valence-electron chi connectivity index (χ4n) is 3.52. The lowest BCUT2D eigenvalue weighted by Crippen LogP contribution is -2.22. The summed E-state index contributed by atoms with van der Waals surface area (Å²) >= 11 is 1.22. The Hall–Kier alpha value is -3.38. The van der Waals surface area contributed by atoms with E-state index in [9.17, 15) is 18.0 Å². The number of hydrogen-bond acceptors (Lipinski definition) is 9. The molecule has 35 heavy (non-hydrogen) atoms. The van der Waals surface area contributed by atoms with Crippen LogP contribution in [0.15, 0.2) is 46.3 Å². The topological polar surface area (TPSA) is 122 Å². The highest BCUT2D eigenvalue weighted by atomic mass is 32.2. The van der Waals surface area contributed by atoms with Crippen molar-refractivity contribution >= 4 is 43.3 Å². The highest BCUT2D eigenvalue weighted by molar-refractivity contribution is 7.91. The largest absolute Gasteiger partial charge is 0.497 e. The van der Waals surface area contributed by atoms with Gasteiger partial charge >= 0.3 is 5.97 Å². The van der Waals surface area contributed by atoms with Crippen molar-refractivity contribution in [1.29, 1.82) is 0 Å². The van der Waals surface area contributed by atoms with E-state index in [1.54, 1.807) is 28.8 Å². The minimum Gasteiger partial charge on any atom is -0.497 e. The molecular formula is C23H24N2O8S2. The standard InChI is InChI=1S/C23H24N2O8S2/c1-30-15-5-7-16(8-6-15)35(28,29)11-3-4-21(26)24-23-25(14-22(27)31-2)17-12-18-19(13-20(17)34-23)33-10-9-32-18/h5-8,12-13H,3-4,9-11,14H2,1-2H3. The number of ether oxygens (including phenoxy) is 4. The molecule has 0 spiro atoms. The van der Waals surface area contributed by atoms with Crippen LogP contribution < -0.4 is 19.0 Å². The van der Waals surface area contributed by atoms with E-state index in [1.165, 1.54) is 37.7 Å². The molecule has 12 heteroatoms. The maximum atomic E-state index is 12.6. The molecule has 1 aliphatic heterocycles. The van der Waals surface area contributed by atoms with Crippen molar-refractivity contribution in [2.45, 2.75) is 24.3 Å². The van der Waals surface area contributed by atoms with E-state index >= 15 is 0 Å². The third-order valence-electron chi connectivity index (χ3n) is 5.30. The number of fused-ring (bicyclic) bond motifs is 2. The fraction of sp³-hybridized carbons (Fsp3) is 0.348. The quantitative estimate of drug-likeness (QED) is 0.415. The first-order chi connectivity index (χ1) is 16.8. The molecule has 186 valence electrons. The summed E-state index contributed by atoms with van der Waals surface area (Å²) in [6.07, 6.45) is 0.0408. The number of carbonyl (C=O) groups excluding carboxylic acids is 2. The summed E-state index contributed by atoms with van der Waals surface area (Å²) in [4.78, 5) is 29.3. The maximum absolute atomic E-state index is 12.6. The van der Waals surface area contributed by atoms with Gasteiger partial charge in [0.05, 0.1) is 35.1 Å². The first-order valence-corrected chi connectivity index (χ1v) is 13.2. The van der Waals surface area contributed by atoms with Gasteiger partial charge in [-0.05, 0) is 30.7 Å². The Labute approximate surface area is 205 Å². The minimum atomic E-state index is -3.55. The molecule has 1 amide bonds. The number of amides is 1. The van der Waals surface area contributed by atoms with E-state index < -0.39 is 21.7 Å². The number of nitrogens with zero attached hydrogens (tertiary/aromatic N) is 2. The number of esters is 1. The van der Waals surface area contributed by atoms with Crippen molar-refractivity contribution in [3.63, 3.8) is 0 Å². The molecule has 0 radical (unpaired) electrons. The van der Waals surface area contributed by atoms with Crippen molar-refractivity contribution < 1.29 is 37.0 Å². The monoisotopic (exact) mass is 520 g/mol. The van der Waals surface area contributed by atoms with E-state index in [2.05, 4.69) is 4.99 Å². The van der Waals surface area contributed by atoms with Crippen molar-refractivity contribution in [2.75, 3.05) is 33.2 Å². The lowest BCUT2D eigenvalue weighted by molar-refractivity contribution is -0.141. The molecule has 2 aromatic carbocycles. The zero-order valence-electron chi connectivity index (χ0n) is 19.2. The van der Waals surface area contributed by atoms with E-state index in [-0.39, 0.29) is 30.0 Å². The van der Waals surface area contributed by atoms with Gasteiger partial charge in [-0.25, -0.2) is 8.42 Å². The SMILES string of the molecule is COC(=O)Cn1c(=NC(=O)CCCS(=O)(=O)c2ccc(OC)cc2)sc2cc3c(cc21)OCCO3. The van der Waals surface area contributed by atoms with Gasteiger partial charge in [-0.1, -0.05) is 11.3 Å². The van der Waals surface area contributed by atoms with E-state index in [0.717, 1.165) is 4.70 Å². The van der Waals surface area contributed by atoms with Crippen molar-refractivity contribution in [1.82, 2.24) is 4.57 Å². The van der Waals surface area contributed by atoms with Gasteiger partial charge in [0.25, 0.3) is 0 Å². The summed E-state index contributed by atoms with van der Waals surface area (Å²) < 4.78 is 48.6. The predicted octanol–water partition coefficient (Wildman–Crippen LogP) is 2.34. The number of aromatic nitrogens is 1. The number of rotatable bonds is 8. The average molecular weight is 521 g/mol. The van der Waals surface area contributed by atoms with Gasteiger partial charge in [-0.2, -0.15) is 4.99 Å². The lowest BCUT2D eigenvalue weighted by Gasteiger charge is -2.18. The third-order valence-corrected chi connectivity index (χ3v) is 8.16. The highest BCUT2D eigenvalue weighted by Crippen LogP contribution is 2.35. The maximum Gasteiger partial charge on any atom is 0.325 e. The summed E-state index contributed by atoms with van der Waals surface area (Å²) in [6, 6.07) is 9.62. The molecule has 1 aromatic heterocycles. The van der Waals surface area contributed by atoms with Crippen molar-refractivity contribution in [3.8, 4) is 17.2 Å². The Balaban J connectivity index is 1.54. The molecule has 0 aliphatic carbocycles. The van der Waals surface area contributed by atoms with Crippen molar-refractivity contribution in [2.24, 2.45) is 4.99 Å². The van der Waals surface area contributed by atoms with Crippen LogP contribution >= 0.6 is 11.3 Å². The van der Waals surface area contributed by atoms with E-state index in [0.29, 0.717) is 40.8 Å². The van der Waals surface area contributed by atoms with E-state index in [4.69, 9.17) is 18.9 Å². The summed E-state index contributed by atoms with van der Waals surface area (Å²) in [6.45, 7) is 0.699. The Kier molecular flexibility index (Phi) is 7.41. The molecule has 0 bridgehead atoms. The number of hydrogen-bond donors (Lipinski definition) is 0. The molecule has 10 nitrogen and oxygen atoms in total. The van der Waals surface area contributed by atoms with Crippen LogP contribution in [-0.2, 0) is 30.7 Å². The summed E-state index contributed by atoms with van der Waals surface area (Å²) in [7, 11) is -0.773. The second-order valence-corrected chi connectivity index (χ2v) is 10.7. The second-order valence-electron chi connectivity index (χ2n) is 7.61. The van der Waals surface area contributed by atoms with Crippen LogP contribution in [0.2, 0.25) is 0 Å². The van der Waals surface area contributed by atoms with Crippen molar-refractivity contribution in [3.05, 3.63) is 41.2 Å². The molecule has 3 aromatic rings. The van der Waals surface area contributed by atoms with Crippen LogP contribution in [-0.4, -0.2) is 58.0 Å². The van der Waals surface area contributed by atoms with Gasteiger partial charge in [0.2, 0.25) is 5.91 Å². The molecule has 0 saturated heterocycles. The first kappa shape index (κ1) is 24.7. The van der Waals surface area contributed by atoms with Crippen LogP contribution in [0.5, 0.6) is 17.2 Å². The number of thiazole rings is 1. The van der Waals surface area contributed by atoms with Gasteiger partial charge in [0, 0.05) is 18.6 Å². The van der Waals surface area contributed by atoms with Crippen LogP contribution in [0, 0.1) is 0 Å². The van der Waals surface area contributed by atoms with Gasteiger partial charge in [0.1, 0.15) is 25.5 Å². The Morgan fingerprint density at radius 2 is 1.77 bits per heavy atom. The minimum absolute atomic E-state index is 0.0649. The molecule has 1 aliphatic rings. The number of carbonyl (C=O) groups is 2. The third kappa shape index (κ3) is 5.65. The molecule has 4 rings (SSSR count). The van der Waals surface area contributed by atoms with Gasteiger partial charge < -0.3 is 23.5 Å². The van der Waals surface area contributed by atoms with Gasteiger partial charge in [-0.15, -0.1) is 0 Å². The average Bonchev–Trinajstić information content (AvgIpc) is 3.17. The smallest absolute Gasteiger partial charge is 0.325 e. The molecule has 0 atom stereocenters. The fourth-order valence-corrected chi connectivity index (χ4v) is 5.88. The van der Waals surface area contributed by atoms with E-state index in [1.807, 2.05) is 0 Å². The van der Waals surface area contributed by atoms with Gasteiger partial charge in [-0.3, -0.25) is 9.59 Å². The Bertz CT molecular complexity index is 1420. The number of benzene rings is 2. The molecule has 0 N–H and O–H groups in total. The molecular weight excluding hydrogens is 496 g/mol.